The fourth-order valence-electron chi connectivity index (χ4n) is 2.26. The highest BCUT2D eigenvalue weighted by Gasteiger charge is 2.20. The Morgan fingerprint density at radius 1 is 1.12 bits per heavy atom. The SMILES string of the molecule is CCc1ccc(C(=O)O[C@@H](C)c2nnc(-c3ccc(F)cc3)o2)cc1. The highest BCUT2D eigenvalue weighted by atomic mass is 19.1. The smallest absolute Gasteiger partial charge is 0.338 e. The average Bonchev–Trinajstić information content (AvgIpc) is 3.12. The summed E-state index contributed by atoms with van der Waals surface area (Å²) in [4.78, 5) is 12.2. The van der Waals surface area contributed by atoms with Gasteiger partial charge in [0.2, 0.25) is 5.89 Å². The van der Waals surface area contributed by atoms with Gasteiger partial charge in [-0.1, -0.05) is 19.1 Å². The molecule has 128 valence electrons. The lowest BCUT2D eigenvalue weighted by Gasteiger charge is -2.09. The van der Waals surface area contributed by atoms with Gasteiger partial charge in [0.25, 0.3) is 5.89 Å². The van der Waals surface area contributed by atoms with Crippen molar-refractivity contribution in [3.05, 3.63) is 71.4 Å². The Labute approximate surface area is 144 Å². The quantitative estimate of drug-likeness (QED) is 0.646. The summed E-state index contributed by atoms with van der Waals surface area (Å²) in [6, 6.07) is 12.9. The monoisotopic (exact) mass is 340 g/mol. The highest BCUT2D eigenvalue weighted by Crippen LogP contribution is 2.23. The second-order valence-corrected chi connectivity index (χ2v) is 5.55. The van der Waals surface area contributed by atoms with Crippen LogP contribution in [0.5, 0.6) is 0 Å². The van der Waals surface area contributed by atoms with Crippen LogP contribution in [-0.4, -0.2) is 16.2 Å². The molecule has 0 saturated heterocycles. The summed E-state index contributed by atoms with van der Waals surface area (Å²) in [6.07, 6.45) is 0.208. The van der Waals surface area contributed by atoms with Gasteiger partial charge in [-0.3, -0.25) is 0 Å². The maximum Gasteiger partial charge on any atom is 0.338 e. The number of benzene rings is 2. The fraction of sp³-hybridized carbons (Fsp3) is 0.211. The number of hydrogen-bond donors (Lipinski definition) is 0. The highest BCUT2D eigenvalue weighted by molar-refractivity contribution is 5.89. The van der Waals surface area contributed by atoms with Crippen LogP contribution in [0.1, 0.15) is 41.8 Å². The standard InChI is InChI=1S/C19H17FN2O3/c1-3-13-4-6-15(7-5-13)19(23)24-12(2)17-21-22-18(25-17)14-8-10-16(20)11-9-14/h4-12H,3H2,1-2H3/t12-/m0/s1. The van der Waals surface area contributed by atoms with Crippen LogP contribution in [0.3, 0.4) is 0 Å². The minimum Gasteiger partial charge on any atom is -0.449 e. The molecule has 3 aromatic rings. The Hall–Kier alpha value is -3.02. The third-order valence-corrected chi connectivity index (χ3v) is 3.76. The van der Waals surface area contributed by atoms with Gasteiger partial charge in [-0.25, -0.2) is 9.18 Å². The third-order valence-electron chi connectivity index (χ3n) is 3.76. The maximum absolute atomic E-state index is 13.0. The van der Waals surface area contributed by atoms with E-state index >= 15 is 0 Å². The Bertz CT molecular complexity index is 857. The van der Waals surface area contributed by atoms with Gasteiger partial charge in [-0.2, -0.15) is 0 Å². The number of esters is 1. The topological polar surface area (TPSA) is 65.2 Å². The van der Waals surface area contributed by atoms with Crippen molar-refractivity contribution < 1.29 is 18.3 Å². The van der Waals surface area contributed by atoms with Crippen molar-refractivity contribution in [1.82, 2.24) is 10.2 Å². The number of nitrogens with zero attached hydrogens (tertiary/aromatic N) is 2. The molecule has 5 nitrogen and oxygen atoms in total. The molecular formula is C19H17FN2O3. The van der Waals surface area contributed by atoms with Crippen molar-refractivity contribution in [2.75, 3.05) is 0 Å². The van der Waals surface area contributed by atoms with Crippen molar-refractivity contribution >= 4 is 5.97 Å². The molecule has 0 unspecified atom stereocenters. The molecule has 1 aromatic heterocycles. The van der Waals surface area contributed by atoms with E-state index in [1.807, 2.05) is 19.1 Å². The van der Waals surface area contributed by atoms with Crippen molar-refractivity contribution in [1.29, 1.82) is 0 Å². The lowest BCUT2D eigenvalue weighted by Crippen LogP contribution is -2.09. The maximum atomic E-state index is 13.0. The Morgan fingerprint density at radius 3 is 2.44 bits per heavy atom. The van der Waals surface area contributed by atoms with Gasteiger partial charge < -0.3 is 9.15 Å². The first-order valence-electron chi connectivity index (χ1n) is 7.96. The zero-order chi connectivity index (χ0) is 17.8. The van der Waals surface area contributed by atoms with Crippen molar-refractivity contribution in [3.63, 3.8) is 0 Å². The third kappa shape index (κ3) is 3.91. The normalized spacial score (nSPS) is 12.0. The molecular weight excluding hydrogens is 323 g/mol. The van der Waals surface area contributed by atoms with Crippen LogP contribution in [0.2, 0.25) is 0 Å². The summed E-state index contributed by atoms with van der Waals surface area (Å²) in [5, 5.41) is 7.81. The molecule has 25 heavy (non-hydrogen) atoms. The fourth-order valence-corrected chi connectivity index (χ4v) is 2.26. The minimum atomic E-state index is -0.694. The van der Waals surface area contributed by atoms with Crippen LogP contribution in [0.15, 0.2) is 52.9 Å². The summed E-state index contributed by atoms with van der Waals surface area (Å²) in [5.41, 5.74) is 2.20. The van der Waals surface area contributed by atoms with Crippen LogP contribution in [0, 0.1) is 5.82 Å². The number of carbonyl (C=O) groups excluding carboxylic acids is 1. The van der Waals surface area contributed by atoms with Gasteiger partial charge in [0.15, 0.2) is 6.10 Å². The number of aryl methyl sites for hydroxylation is 1. The molecule has 0 N–H and O–H groups in total. The number of carbonyl (C=O) groups is 1. The molecule has 6 heteroatoms. The molecule has 0 fully saturated rings. The van der Waals surface area contributed by atoms with Crippen LogP contribution in [0.4, 0.5) is 4.39 Å². The first kappa shape index (κ1) is 16.8. The summed E-state index contributed by atoms with van der Waals surface area (Å²) in [7, 11) is 0. The number of aromatic nitrogens is 2. The van der Waals surface area contributed by atoms with Crippen LogP contribution >= 0.6 is 0 Å². The van der Waals surface area contributed by atoms with E-state index < -0.39 is 12.1 Å². The molecule has 0 saturated carbocycles. The van der Waals surface area contributed by atoms with Crippen molar-refractivity contribution in [2.24, 2.45) is 0 Å². The molecule has 1 atom stereocenters. The summed E-state index contributed by atoms with van der Waals surface area (Å²) < 4.78 is 23.9. The van der Waals surface area contributed by atoms with Gasteiger partial charge in [0.05, 0.1) is 5.56 Å². The molecule has 0 radical (unpaired) electrons. The second-order valence-electron chi connectivity index (χ2n) is 5.55. The van der Waals surface area contributed by atoms with Crippen molar-refractivity contribution in [2.45, 2.75) is 26.4 Å². The van der Waals surface area contributed by atoms with E-state index in [1.165, 1.54) is 12.1 Å². The first-order valence-corrected chi connectivity index (χ1v) is 7.96. The number of rotatable bonds is 5. The number of halogens is 1. The molecule has 0 bridgehead atoms. The molecule has 0 spiro atoms. The predicted molar refractivity (Wildman–Crippen MR) is 89.3 cm³/mol. The minimum absolute atomic E-state index is 0.179. The van der Waals surface area contributed by atoms with E-state index in [0.717, 1.165) is 12.0 Å². The van der Waals surface area contributed by atoms with Gasteiger partial charge >= 0.3 is 5.97 Å². The van der Waals surface area contributed by atoms with Gasteiger partial charge in [0, 0.05) is 5.56 Å². The number of hydrogen-bond acceptors (Lipinski definition) is 5. The van der Waals surface area contributed by atoms with E-state index in [4.69, 9.17) is 9.15 Å². The largest absolute Gasteiger partial charge is 0.449 e. The first-order chi connectivity index (χ1) is 12.1. The van der Waals surface area contributed by atoms with E-state index in [9.17, 15) is 9.18 Å². The summed E-state index contributed by atoms with van der Waals surface area (Å²) in [5.74, 6) is -0.389. The lowest BCUT2D eigenvalue weighted by molar-refractivity contribution is 0.0280. The molecule has 0 amide bonds. The second kappa shape index (κ2) is 7.25. The van der Waals surface area contributed by atoms with E-state index in [0.29, 0.717) is 11.1 Å². The molecule has 0 aliphatic heterocycles. The molecule has 1 heterocycles. The molecule has 2 aromatic carbocycles. The summed E-state index contributed by atoms with van der Waals surface area (Å²) in [6.45, 7) is 3.70. The Kier molecular flexibility index (Phi) is 4.88. The van der Waals surface area contributed by atoms with E-state index in [2.05, 4.69) is 10.2 Å². The van der Waals surface area contributed by atoms with Gasteiger partial charge in [-0.05, 0) is 55.3 Å². The Morgan fingerprint density at radius 2 is 1.80 bits per heavy atom. The van der Waals surface area contributed by atoms with Crippen LogP contribution in [0.25, 0.3) is 11.5 Å². The zero-order valence-electron chi connectivity index (χ0n) is 13.9. The van der Waals surface area contributed by atoms with Gasteiger partial charge in [-0.15, -0.1) is 10.2 Å². The molecule has 0 aliphatic carbocycles. The lowest BCUT2D eigenvalue weighted by atomic mass is 10.1. The average molecular weight is 340 g/mol. The van der Waals surface area contributed by atoms with Crippen LogP contribution < -0.4 is 0 Å². The van der Waals surface area contributed by atoms with Crippen molar-refractivity contribution in [3.8, 4) is 11.5 Å². The van der Waals surface area contributed by atoms with E-state index in [1.54, 1.807) is 31.2 Å². The summed E-state index contributed by atoms with van der Waals surface area (Å²) >= 11 is 0. The van der Waals surface area contributed by atoms with Crippen LogP contribution in [-0.2, 0) is 11.2 Å². The molecule has 3 rings (SSSR count). The predicted octanol–water partition coefficient (Wildman–Crippen LogP) is 4.36. The zero-order valence-corrected chi connectivity index (χ0v) is 13.9. The van der Waals surface area contributed by atoms with E-state index in [-0.39, 0.29) is 17.6 Å². The molecule has 0 aliphatic rings. The van der Waals surface area contributed by atoms with Gasteiger partial charge in [0.1, 0.15) is 5.82 Å². The number of ether oxygens (including phenoxy) is 1. The Balaban J connectivity index is 1.69.